The Morgan fingerprint density at radius 3 is 2.45 bits per heavy atom. The van der Waals surface area contributed by atoms with Crippen LogP contribution < -0.4 is 0 Å². The highest BCUT2D eigenvalue weighted by Gasteiger charge is 2.23. The molecule has 0 aromatic heterocycles. The third-order valence-corrected chi connectivity index (χ3v) is 2.05. The standard InChI is InChI=1S/C6H14O3S2/c1-2-6(8,11)9-5(3-7)4-10/h5,7-8,10-11H,2-4H2,1H3. The quantitative estimate of drug-likeness (QED) is 0.379. The van der Waals surface area contributed by atoms with Gasteiger partial charge in [-0.3, -0.25) is 0 Å². The minimum atomic E-state index is -1.45. The molecule has 0 saturated carbocycles. The van der Waals surface area contributed by atoms with Crippen LogP contribution >= 0.6 is 25.3 Å². The van der Waals surface area contributed by atoms with Crippen LogP contribution in [-0.2, 0) is 4.74 Å². The molecular formula is C6H14O3S2. The van der Waals surface area contributed by atoms with Crippen LogP contribution in [0.25, 0.3) is 0 Å². The fourth-order valence-corrected chi connectivity index (χ4v) is 0.822. The molecule has 0 aliphatic carbocycles. The van der Waals surface area contributed by atoms with E-state index >= 15 is 0 Å². The van der Waals surface area contributed by atoms with Crippen LogP contribution in [0.5, 0.6) is 0 Å². The summed E-state index contributed by atoms with van der Waals surface area (Å²) in [5.74, 6) is 0.360. The van der Waals surface area contributed by atoms with E-state index in [1.54, 1.807) is 6.92 Å². The molecule has 5 heteroatoms. The Hall–Kier alpha value is 0.580. The lowest BCUT2D eigenvalue weighted by molar-refractivity contribution is -0.165. The summed E-state index contributed by atoms with van der Waals surface area (Å²) in [7, 11) is 0. The van der Waals surface area contributed by atoms with E-state index in [1.165, 1.54) is 0 Å². The van der Waals surface area contributed by atoms with E-state index in [0.29, 0.717) is 12.2 Å². The Labute approximate surface area is 77.6 Å². The molecule has 3 nitrogen and oxygen atoms in total. The molecular weight excluding hydrogens is 184 g/mol. The number of thiol groups is 2. The molecule has 0 aromatic rings. The lowest BCUT2D eigenvalue weighted by Crippen LogP contribution is -2.33. The van der Waals surface area contributed by atoms with Crippen molar-refractivity contribution in [2.24, 2.45) is 0 Å². The molecule has 0 spiro atoms. The van der Waals surface area contributed by atoms with E-state index in [1.807, 2.05) is 0 Å². The third kappa shape index (κ3) is 4.92. The van der Waals surface area contributed by atoms with Gasteiger partial charge in [-0.2, -0.15) is 12.6 Å². The first-order valence-corrected chi connectivity index (χ1v) is 4.48. The van der Waals surface area contributed by atoms with Crippen molar-refractivity contribution in [3.63, 3.8) is 0 Å². The number of aliphatic hydroxyl groups excluding tert-OH is 1. The van der Waals surface area contributed by atoms with E-state index in [0.717, 1.165) is 0 Å². The van der Waals surface area contributed by atoms with E-state index in [2.05, 4.69) is 25.3 Å². The average molecular weight is 198 g/mol. The van der Waals surface area contributed by atoms with Crippen LogP contribution in [0.1, 0.15) is 13.3 Å². The first-order chi connectivity index (χ1) is 5.05. The average Bonchev–Trinajstić information content (AvgIpc) is 2.00. The molecule has 0 amide bonds. The van der Waals surface area contributed by atoms with Gasteiger partial charge in [0.15, 0.2) is 0 Å². The number of rotatable bonds is 5. The van der Waals surface area contributed by atoms with Crippen molar-refractivity contribution in [3.8, 4) is 0 Å². The van der Waals surface area contributed by atoms with Crippen molar-refractivity contribution >= 4 is 25.3 Å². The summed E-state index contributed by atoms with van der Waals surface area (Å²) in [6.07, 6.45) is -0.0961. The van der Waals surface area contributed by atoms with Gasteiger partial charge in [-0.25, -0.2) is 0 Å². The normalized spacial score (nSPS) is 19.4. The summed E-state index contributed by atoms with van der Waals surface area (Å²) < 4.78 is 4.98. The van der Waals surface area contributed by atoms with Crippen LogP contribution in [0.3, 0.4) is 0 Å². The van der Waals surface area contributed by atoms with E-state index in [9.17, 15) is 5.11 Å². The second-order valence-electron chi connectivity index (χ2n) is 2.20. The van der Waals surface area contributed by atoms with Crippen LogP contribution in [0.2, 0.25) is 0 Å². The fourth-order valence-electron chi connectivity index (χ4n) is 0.483. The smallest absolute Gasteiger partial charge is 0.212 e. The zero-order valence-corrected chi connectivity index (χ0v) is 8.18. The summed E-state index contributed by atoms with van der Waals surface area (Å²) in [6, 6.07) is 0. The molecule has 0 rings (SSSR count). The van der Waals surface area contributed by atoms with Crippen LogP contribution in [0.4, 0.5) is 0 Å². The summed E-state index contributed by atoms with van der Waals surface area (Å²) in [5.41, 5.74) is 0. The Kier molecular flexibility index (Phi) is 5.54. The molecule has 68 valence electrons. The molecule has 0 fully saturated rings. The minimum Gasteiger partial charge on any atom is -0.394 e. The number of aliphatic hydroxyl groups is 2. The van der Waals surface area contributed by atoms with Crippen LogP contribution in [-0.4, -0.2) is 33.8 Å². The number of hydrogen-bond acceptors (Lipinski definition) is 5. The Morgan fingerprint density at radius 2 is 2.18 bits per heavy atom. The van der Waals surface area contributed by atoms with Gasteiger partial charge in [0.1, 0.15) is 0 Å². The Balaban J connectivity index is 3.79. The van der Waals surface area contributed by atoms with Crippen LogP contribution in [0, 0.1) is 0 Å². The first kappa shape index (κ1) is 11.6. The molecule has 0 heterocycles. The van der Waals surface area contributed by atoms with Crippen molar-refractivity contribution in [2.45, 2.75) is 24.6 Å². The predicted molar refractivity (Wildman–Crippen MR) is 50.0 cm³/mol. The van der Waals surface area contributed by atoms with Crippen molar-refractivity contribution in [1.29, 1.82) is 0 Å². The summed E-state index contributed by atoms with van der Waals surface area (Å²) >= 11 is 7.74. The van der Waals surface area contributed by atoms with Crippen molar-refractivity contribution < 1.29 is 14.9 Å². The minimum absolute atomic E-state index is 0.160. The number of ether oxygens (including phenoxy) is 1. The van der Waals surface area contributed by atoms with Gasteiger partial charge in [0.2, 0.25) is 5.12 Å². The maximum Gasteiger partial charge on any atom is 0.212 e. The molecule has 11 heavy (non-hydrogen) atoms. The lowest BCUT2D eigenvalue weighted by Gasteiger charge is -2.25. The van der Waals surface area contributed by atoms with Crippen LogP contribution in [0.15, 0.2) is 0 Å². The molecule has 0 bridgehead atoms. The molecule has 0 aliphatic rings. The van der Waals surface area contributed by atoms with Crippen molar-refractivity contribution in [1.82, 2.24) is 0 Å². The second kappa shape index (κ2) is 5.27. The van der Waals surface area contributed by atoms with E-state index in [-0.39, 0.29) is 6.61 Å². The largest absolute Gasteiger partial charge is 0.394 e. The van der Waals surface area contributed by atoms with Gasteiger partial charge < -0.3 is 14.9 Å². The summed E-state index contributed by atoms with van der Waals surface area (Å²) in [4.78, 5) is 0. The zero-order valence-electron chi connectivity index (χ0n) is 6.40. The first-order valence-electron chi connectivity index (χ1n) is 3.40. The molecule has 0 radical (unpaired) electrons. The molecule has 2 unspecified atom stereocenters. The molecule has 0 saturated heterocycles. The Morgan fingerprint density at radius 1 is 1.64 bits per heavy atom. The Bertz CT molecular complexity index is 104. The topological polar surface area (TPSA) is 49.7 Å². The molecule has 0 aliphatic heterocycles. The van der Waals surface area contributed by atoms with Gasteiger partial charge in [-0.05, 0) is 0 Å². The lowest BCUT2D eigenvalue weighted by atomic mass is 10.4. The molecule has 2 atom stereocenters. The SMILES string of the molecule is CCC(O)(S)OC(CO)CS. The zero-order chi connectivity index (χ0) is 8.91. The fraction of sp³-hybridized carbons (Fsp3) is 1.00. The van der Waals surface area contributed by atoms with E-state index < -0.39 is 11.2 Å². The van der Waals surface area contributed by atoms with Gasteiger partial charge in [-0.1, -0.05) is 6.92 Å². The molecule has 0 aromatic carbocycles. The van der Waals surface area contributed by atoms with Gasteiger partial charge in [0.25, 0.3) is 0 Å². The maximum absolute atomic E-state index is 9.25. The monoisotopic (exact) mass is 198 g/mol. The highest BCUT2D eigenvalue weighted by Crippen LogP contribution is 2.18. The predicted octanol–water partition coefficient (Wildman–Crippen LogP) is 0.280. The van der Waals surface area contributed by atoms with Gasteiger partial charge >= 0.3 is 0 Å². The maximum atomic E-state index is 9.25. The van der Waals surface area contributed by atoms with Gasteiger partial charge in [0.05, 0.1) is 12.7 Å². The van der Waals surface area contributed by atoms with E-state index in [4.69, 9.17) is 9.84 Å². The van der Waals surface area contributed by atoms with Crippen molar-refractivity contribution in [2.75, 3.05) is 12.4 Å². The molecule has 2 N–H and O–H groups in total. The number of hydrogen-bond donors (Lipinski definition) is 4. The third-order valence-electron chi connectivity index (χ3n) is 1.22. The highest BCUT2D eigenvalue weighted by atomic mass is 32.1. The second-order valence-corrected chi connectivity index (χ2v) is 3.27. The van der Waals surface area contributed by atoms with Crippen molar-refractivity contribution in [3.05, 3.63) is 0 Å². The van der Waals surface area contributed by atoms with Gasteiger partial charge in [0, 0.05) is 12.2 Å². The van der Waals surface area contributed by atoms with Gasteiger partial charge in [-0.15, -0.1) is 12.6 Å². The summed E-state index contributed by atoms with van der Waals surface area (Å²) in [5, 5.41) is 16.5. The highest BCUT2D eigenvalue weighted by molar-refractivity contribution is 7.81. The summed E-state index contributed by atoms with van der Waals surface area (Å²) in [6.45, 7) is 1.58.